The molecule has 0 atom stereocenters. The van der Waals surface area contributed by atoms with Crippen LogP contribution in [0.3, 0.4) is 0 Å². The predicted molar refractivity (Wildman–Crippen MR) is 160 cm³/mol. The number of thioether (sulfide) groups is 1. The standard InChI is InChI=1S/C28H24Cl2N2O4S2/c1-4-17-6-9-20(10-7-17)32-27(34)24(38-28(32)37)13-18-11-22(30)26(23(12-18)35-3)36-15-25(33)31-19-8-5-16(2)21(29)14-19/h5-14H,4,15H2,1-3H3,(H,31,33)/b24-13-. The van der Waals surface area contributed by atoms with E-state index in [9.17, 15) is 9.59 Å². The van der Waals surface area contributed by atoms with Crippen LogP contribution in [-0.4, -0.2) is 29.9 Å². The molecule has 1 N–H and O–H groups in total. The molecule has 1 fully saturated rings. The summed E-state index contributed by atoms with van der Waals surface area (Å²) in [5, 5.41) is 3.51. The number of methoxy groups -OCH3 is 1. The quantitative estimate of drug-likeness (QED) is 0.221. The van der Waals surface area contributed by atoms with Crippen LogP contribution in [0.2, 0.25) is 10.0 Å². The van der Waals surface area contributed by atoms with Gasteiger partial charge in [-0.15, -0.1) is 0 Å². The van der Waals surface area contributed by atoms with E-state index in [0.29, 0.717) is 31.2 Å². The molecule has 4 rings (SSSR count). The zero-order valence-electron chi connectivity index (χ0n) is 20.8. The van der Waals surface area contributed by atoms with E-state index in [-0.39, 0.29) is 29.2 Å². The Balaban J connectivity index is 1.48. The van der Waals surface area contributed by atoms with Crippen molar-refractivity contribution in [1.29, 1.82) is 0 Å². The number of benzene rings is 3. The van der Waals surface area contributed by atoms with E-state index in [0.717, 1.165) is 17.7 Å². The lowest BCUT2D eigenvalue weighted by Crippen LogP contribution is -2.27. The Hall–Kier alpha value is -3.04. The van der Waals surface area contributed by atoms with E-state index in [2.05, 4.69) is 12.2 Å². The molecule has 3 aromatic rings. The van der Waals surface area contributed by atoms with E-state index in [1.165, 1.54) is 29.3 Å². The number of carbonyl (C=O) groups excluding carboxylic acids is 2. The molecule has 1 aliphatic heterocycles. The van der Waals surface area contributed by atoms with Crippen LogP contribution in [-0.2, 0) is 16.0 Å². The van der Waals surface area contributed by atoms with Crippen LogP contribution in [0.4, 0.5) is 11.4 Å². The van der Waals surface area contributed by atoms with Gasteiger partial charge in [-0.1, -0.05) is 72.3 Å². The van der Waals surface area contributed by atoms with Gasteiger partial charge < -0.3 is 14.8 Å². The van der Waals surface area contributed by atoms with Crippen molar-refractivity contribution >= 4 is 80.8 Å². The second-order valence-corrected chi connectivity index (χ2v) is 10.9. The molecule has 0 spiro atoms. The van der Waals surface area contributed by atoms with Crippen molar-refractivity contribution in [2.75, 3.05) is 23.9 Å². The van der Waals surface area contributed by atoms with Gasteiger partial charge in [-0.3, -0.25) is 14.5 Å². The Morgan fingerprint density at radius 2 is 1.84 bits per heavy atom. The summed E-state index contributed by atoms with van der Waals surface area (Å²) in [6.07, 6.45) is 2.61. The normalized spacial score (nSPS) is 14.2. The molecule has 3 aromatic carbocycles. The molecule has 1 aliphatic rings. The Labute approximate surface area is 240 Å². The summed E-state index contributed by atoms with van der Waals surface area (Å²) in [4.78, 5) is 27.5. The third-order valence-electron chi connectivity index (χ3n) is 5.75. The second-order valence-electron chi connectivity index (χ2n) is 8.37. The monoisotopic (exact) mass is 586 g/mol. The summed E-state index contributed by atoms with van der Waals surface area (Å²) in [6, 6.07) is 16.3. The zero-order chi connectivity index (χ0) is 27.4. The number of thiocarbonyl (C=S) groups is 1. The van der Waals surface area contributed by atoms with Crippen LogP contribution < -0.4 is 19.7 Å². The SMILES string of the molecule is CCc1ccc(N2C(=O)/C(=C/c3cc(Cl)c(OCC(=O)Nc4ccc(C)c(Cl)c4)c(OC)c3)SC2=S)cc1. The van der Waals surface area contributed by atoms with Gasteiger partial charge in [0.15, 0.2) is 22.4 Å². The third kappa shape index (κ3) is 6.32. The molecule has 0 saturated carbocycles. The maximum Gasteiger partial charge on any atom is 0.270 e. The molecule has 0 bridgehead atoms. The van der Waals surface area contributed by atoms with Crippen molar-refractivity contribution < 1.29 is 19.1 Å². The first-order valence-electron chi connectivity index (χ1n) is 11.6. The number of rotatable bonds is 8. The maximum atomic E-state index is 13.2. The van der Waals surface area contributed by atoms with Crippen LogP contribution in [0.15, 0.2) is 59.5 Å². The van der Waals surface area contributed by atoms with Crippen molar-refractivity contribution in [1.82, 2.24) is 0 Å². The molecule has 6 nitrogen and oxygen atoms in total. The lowest BCUT2D eigenvalue weighted by Gasteiger charge is -2.15. The lowest BCUT2D eigenvalue weighted by atomic mass is 10.1. The number of hydrogen-bond donors (Lipinski definition) is 1. The largest absolute Gasteiger partial charge is 0.493 e. The highest BCUT2D eigenvalue weighted by Gasteiger charge is 2.33. The highest BCUT2D eigenvalue weighted by Crippen LogP contribution is 2.40. The zero-order valence-corrected chi connectivity index (χ0v) is 24.0. The highest BCUT2D eigenvalue weighted by atomic mass is 35.5. The number of halogens is 2. The van der Waals surface area contributed by atoms with Gasteiger partial charge in [0.2, 0.25) is 0 Å². The topological polar surface area (TPSA) is 67.9 Å². The van der Waals surface area contributed by atoms with Crippen molar-refractivity contribution in [2.45, 2.75) is 20.3 Å². The van der Waals surface area contributed by atoms with Crippen LogP contribution in [0.5, 0.6) is 11.5 Å². The highest BCUT2D eigenvalue weighted by molar-refractivity contribution is 8.27. The number of anilines is 2. The summed E-state index contributed by atoms with van der Waals surface area (Å²) >= 11 is 19.3. The van der Waals surface area contributed by atoms with E-state index < -0.39 is 0 Å². The van der Waals surface area contributed by atoms with E-state index in [1.54, 1.807) is 30.3 Å². The lowest BCUT2D eigenvalue weighted by molar-refractivity contribution is -0.118. The Kier molecular flexibility index (Phi) is 8.99. The predicted octanol–water partition coefficient (Wildman–Crippen LogP) is 7.30. The number of nitrogens with zero attached hydrogens (tertiary/aromatic N) is 1. The van der Waals surface area contributed by atoms with Crippen LogP contribution in [0, 0.1) is 6.92 Å². The van der Waals surface area contributed by atoms with Gasteiger partial charge in [0.05, 0.1) is 22.7 Å². The summed E-state index contributed by atoms with van der Waals surface area (Å²) < 4.78 is 11.6. The number of nitrogens with one attached hydrogen (secondary N) is 1. The Morgan fingerprint density at radius 1 is 1.11 bits per heavy atom. The van der Waals surface area contributed by atoms with Crippen LogP contribution in [0.1, 0.15) is 23.6 Å². The number of ether oxygens (including phenoxy) is 2. The first kappa shape index (κ1) is 28.0. The molecule has 10 heteroatoms. The summed E-state index contributed by atoms with van der Waals surface area (Å²) in [6.45, 7) is 3.65. The average Bonchev–Trinajstić information content (AvgIpc) is 3.17. The number of hydrogen-bond acceptors (Lipinski definition) is 6. The number of amides is 2. The van der Waals surface area contributed by atoms with Gasteiger partial charge in [-0.25, -0.2) is 0 Å². The molecule has 1 heterocycles. The van der Waals surface area contributed by atoms with Crippen molar-refractivity contribution in [2.24, 2.45) is 0 Å². The molecule has 196 valence electrons. The van der Waals surface area contributed by atoms with Crippen molar-refractivity contribution in [3.63, 3.8) is 0 Å². The van der Waals surface area contributed by atoms with Crippen molar-refractivity contribution in [3.05, 3.63) is 86.2 Å². The van der Waals surface area contributed by atoms with E-state index >= 15 is 0 Å². The summed E-state index contributed by atoms with van der Waals surface area (Å²) in [7, 11) is 1.47. The smallest absolute Gasteiger partial charge is 0.270 e. The minimum atomic E-state index is -0.386. The van der Waals surface area contributed by atoms with E-state index in [4.69, 9.17) is 44.9 Å². The van der Waals surface area contributed by atoms with Crippen LogP contribution in [0.25, 0.3) is 6.08 Å². The molecule has 38 heavy (non-hydrogen) atoms. The van der Waals surface area contributed by atoms with Gasteiger partial charge in [0.1, 0.15) is 0 Å². The Bertz CT molecular complexity index is 1440. The average molecular weight is 588 g/mol. The van der Waals surface area contributed by atoms with Crippen LogP contribution >= 0.6 is 47.2 Å². The first-order valence-corrected chi connectivity index (χ1v) is 13.6. The number of carbonyl (C=O) groups is 2. The van der Waals surface area contributed by atoms with Gasteiger partial charge >= 0.3 is 0 Å². The first-order chi connectivity index (χ1) is 18.2. The van der Waals surface area contributed by atoms with Gasteiger partial charge in [-0.2, -0.15) is 0 Å². The Morgan fingerprint density at radius 3 is 2.50 bits per heavy atom. The molecular weight excluding hydrogens is 563 g/mol. The minimum absolute atomic E-state index is 0.215. The van der Waals surface area contributed by atoms with Gasteiger partial charge in [0.25, 0.3) is 11.8 Å². The fourth-order valence-electron chi connectivity index (χ4n) is 3.69. The maximum absolute atomic E-state index is 13.2. The molecular formula is C28H24Cl2N2O4S2. The fourth-order valence-corrected chi connectivity index (χ4v) is 5.44. The number of aryl methyl sites for hydroxylation is 2. The van der Waals surface area contributed by atoms with Gasteiger partial charge in [0, 0.05) is 10.7 Å². The molecule has 2 amide bonds. The van der Waals surface area contributed by atoms with E-state index in [1.807, 2.05) is 37.3 Å². The minimum Gasteiger partial charge on any atom is -0.493 e. The fraction of sp³-hybridized carbons (Fsp3) is 0.179. The van der Waals surface area contributed by atoms with Gasteiger partial charge in [-0.05, 0) is 72.5 Å². The molecule has 0 aliphatic carbocycles. The summed E-state index contributed by atoms with van der Waals surface area (Å²) in [5.41, 5.74) is 3.99. The molecule has 0 unspecified atom stereocenters. The third-order valence-corrected chi connectivity index (χ3v) is 7.74. The molecule has 0 radical (unpaired) electrons. The van der Waals surface area contributed by atoms with Crippen molar-refractivity contribution in [3.8, 4) is 11.5 Å². The second kappa shape index (κ2) is 12.2. The molecule has 0 aromatic heterocycles. The summed E-state index contributed by atoms with van der Waals surface area (Å²) in [5.74, 6) is -0.0668. The molecule has 1 saturated heterocycles.